The van der Waals surface area contributed by atoms with Crippen LogP contribution in [-0.2, 0) is 11.4 Å². The van der Waals surface area contributed by atoms with Crippen LogP contribution in [-0.4, -0.2) is 32.3 Å². The summed E-state index contributed by atoms with van der Waals surface area (Å²) >= 11 is 0. The summed E-state index contributed by atoms with van der Waals surface area (Å²) in [5.41, 5.74) is 1.21. The second kappa shape index (κ2) is 4.04. The molecule has 1 aliphatic heterocycles. The highest BCUT2D eigenvalue weighted by atomic mass is 16.7. The van der Waals surface area contributed by atoms with Gasteiger partial charge < -0.3 is 0 Å². The first-order valence-corrected chi connectivity index (χ1v) is 5.23. The topological polar surface area (TPSA) is 88.2 Å². The van der Waals surface area contributed by atoms with Crippen molar-refractivity contribution >= 4 is 11.8 Å². The van der Waals surface area contributed by atoms with Gasteiger partial charge in [-0.05, 0) is 12.1 Å². The fourth-order valence-corrected chi connectivity index (χ4v) is 1.71. The Morgan fingerprint density at radius 2 is 1.83 bits per heavy atom. The van der Waals surface area contributed by atoms with Crippen LogP contribution in [0, 0.1) is 0 Å². The standard InChI is InChI=1S/C11H8N4O3/c16-10-8-3-1-2-4-9(8)11(17)15(10)18-6-7-5-12-14-13-7/h1-5H,6H2,(H,12,13,14). The molecule has 1 aromatic heterocycles. The predicted molar refractivity (Wildman–Crippen MR) is 58.1 cm³/mol. The van der Waals surface area contributed by atoms with Gasteiger partial charge in [-0.3, -0.25) is 14.4 Å². The lowest BCUT2D eigenvalue weighted by Gasteiger charge is -2.11. The molecular formula is C11H8N4O3. The third-order valence-electron chi connectivity index (χ3n) is 2.56. The number of hydroxylamine groups is 2. The van der Waals surface area contributed by atoms with E-state index >= 15 is 0 Å². The normalized spacial score (nSPS) is 14.1. The Hall–Kier alpha value is -2.54. The Bertz CT molecular complexity index is 574. The number of hydrogen-bond donors (Lipinski definition) is 1. The first kappa shape index (κ1) is 10.6. The molecule has 3 rings (SSSR count). The maximum atomic E-state index is 11.9. The van der Waals surface area contributed by atoms with Crippen LogP contribution in [0.1, 0.15) is 26.4 Å². The largest absolute Gasteiger partial charge is 0.285 e. The molecule has 0 aliphatic carbocycles. The lowest BCUT2D eigenvalue weighted by molar-refractivity contribution is -0.102. The predicted octanol–water partition coefficient (Wildman–Crippen LogP) is 0.532. The zero-order valence-corrected chi connectivity index (χ0v) is 9.16. The van der Waals surface area contributed by atoms with Crippen molar-refractivity contribution in [2.45, 2.75) is 6.61 Å². The number of aromatic nitrogens is 3. The molecule has 90 valence electrons. The molecule has 0 spiro atoms. The summed E-state index contributed by atoms with van der Waals surface area (Å²) in [7, 11) is 0. The number of carbonyl (C=O) groups excluding carboxylic acids is 2. The second-order valence-electron chi connectivity index (χ2n) is 3.69. The SMILES string of the molecule is O=C1c2ccccc2C(=O)N1OCc1cn[nH]n1. The van der Waals surface area contributed by atoms with Crippen molar-refractivity contribution in [3.05, 3.63) is 47.3 Å². The van der Waals surface area contributed by atoms with E-state index in [-0.39, 0.29) is 6.61 Å². The van der Waals surface area contributed by atoms with Crippen LogP contribution < -0.4 is 0 Å². The highest BCUT2D eigenvalue weighted by Crippen LogP contribution is 2.22. The van der Waals surface area contributed by atoms with E-state index in [1.54, 1.807) is 24.3 Å². The van der Waals surface area contributed by atoms with Crippen molar-refractivity contribution in [2.24, 2.45) is 0 Å². The number of benzene rings is 1. The molecule has 18 heavy (non-hydrogen) atoms. The molecule has 1 aliphatic rings. The van der Waals surface area contributed by atoms with E-state index in [4.69, 9.17) is 4.84 Å². The molecule has 0 saturated carbocycles. The molecule has 0 unspecified atom stereocenters. The summed E-state index contributed by atoms with van der Waals surface area (Å²) in [6, 6.07) is 6.58. The number of hydrogen-bond acceptors (Lipinski definition) is 5. The Morgan fingerprint density at radius 3 is 2.39 bits per heavy atom. The molecule has 0 fully saturated rings. The van der Waals surface area contributed by atoms with E-state index in [1.165, 1.54) is 6.20 Å². The fraction of sp³-hybridized carbons (Fsp3) is 0.0909. The molecule has 0 saturated heterocycles. The average molecular weight is 244 g/mol. The third-order valence-corrected chi connectivity index (χ3v) is 2.56. The molecule has 1 N–H and O–H groups in total. The first-order valence-electron chi connectivity index (χ1n) is 5.23. The van der Waals surface area contributed by atoms with Crippen LogP contribution in [0.25, 0.3) is 0 Å². The van der Waals surface area contributed by atoms with E-state index in [1.807, 2.05) is 0 Å². The average Bonchev–Trinajstić information content (AvgIpc) is 2.98. The van der Waals surface area contributed by atoms with Crippen molar-refractivity contribution in [3.63, 3.8) is 0 Å². The smallest absolute Gasteiger partial charge is 0.266 e. The maximum absolute atomic E-state index is 11.9. The quantitative estimate of drug-likeness (QED) is 0.796. The number of rotatable bonds is 3. The van der Waals surface area contributed by atoms with Gasteiger partial charge in [-0.25, -0.2) is 0 Å². The van der Waals surface area contributed by atoms with E-state index in [9.17, 15) is 9.59 Å². The van der Waals surface area contributed by atoms with Gasteiger partial charge in [0.15, 0.2) is 0 Å². The van der Waals surface area contributed by atoms with Gasteiger partial charge >= 0.3 is 0 Å². The van der Waals surface area contributed by atoms with Gasteiger partial charge in [0.2, 0.25) is 0 Å². The Kier molecular flexibility index (Phi) is 2.38. The molecule has 2 amide bonds. The van der Waals surface area contributed by atoms with Crippen LogP contribution in [0.4, 0.5) is 0 Å². The van der Waals surface area contributed by atoms with Crippen molar-refractivity contribution < 1.29 is 14.4 Å². The zero-order valence-electron chi connectivity index (χ0n) is 9.16. The minimum atomic E-state index is -0.459. The Labute approximate surface area is 101 Å². The Balaban J connectivity index is 1.80. The fourth-order valence-electron chi connectivity index (χ4n) is 1.71. The van der Waals surface area contributed by atoms with Crippen LogP contribution in [0.15, 0.2) is 30.5 Å². The van der Waals surface area contributed by atoms with Crippen LogP contribution in [0.5, 0.6) is 0 Å². The number of H-pyrrole nitrogens is 1. The minimum absolute atomic E-state index is 0.00195. The lowest BCUT2D eigenvalue weighted by Crippen LogP contribution is -2.29. The Morgan fingerprint density at radius 1 is 1.17 bits per heavy atom. The monoisotopic (exact) mass is 244 g/mol. The first-order chi connectivity index (χ1) is 8.77. The van der Waals surface area contributed by atoms with Crippen LogP contribution in [0.3, 0.4) is 0 Å². The maximum Gasteiger partial charge on any atom is 0.285 e. The highest BCUT2D eigenvalue weighted by Gasteiger charge is 2.36. The summed E-state index contributed by atoms with van der Waals surface area (Å²) in [6.07, 6.45) is 1.46. The van der Waals surface area contributed by atoms with Crippen LogP contribution >= 0.6 is 0 Å². The number of nitrogens with zero attached hydrogens (tertiary/aromatic N) is 3. The number of nitrogens with one attached hydrogen (secondary N) is 1. The van der Waals surface area contributed by atoms with Crippen molar-refractivity contribution in [1.82, 2.24) is 20.5 Å². The van der Waals surface area contributed by atoms with Gasteiger partial charge in [0.05, 0.1) is 17.3 Å². The van der Waals surface area contributed by atoms with Gasteiger partial charge in [-0.15, -0.1) is 5.06 Å². The molecule has 1 aromatic carbocycles. The van der Waals surface area contributed by atoms with E-state index in [2.05, 4.69) is 15.4 Å². The van der Waals surface area contributed by atoms with Crippen molar-refractivity contribution in [1.29, 1.82) is 0 Å². The number of amides is 2. The van der Waals surface area contributed by atoms with Gasteiger partial charge in [0.25, 0.3) is 11.8 Å². The molecule has 0 atom stereocenters. The lowest BCUT2D eigenvalue weighted by atomic mass is 10.1. The molecular weight excluding hydrogens is 236 g/mol. The number of carbonyl (C=O) groups is 2. The van der Waals surface area contributed by atoms with Gasteiger partial charge in [0.1, 0.15) is 12.3 Å². The number of imide groups is 1. The van der Waals surface area contributed by atoms with E-state index in [0.717, 1.165) is 5.06 Å². The summed E-state index contributed by atoms with van der Waals surface area (Å²) < 4.78 is 0. The van der Waals surface area contributed by atoms with Crippen molar-refractivity contribution in [3.8, 4) is 0 Å². The summed E-state index contributed by atoms with van der Waals surface area (Å²) in [5, 5.41) is 10.5. The van der Waals surface area contributed by atoms with Gasteiger partial charge in [0, 0.05) is 0 Å². The summed E-state index contributed by atoms with van der Waals surface area (Å²) in [5.74, 6) is -0.918. The number of fused-ring (bicyclic) bond motifs is 1. The highest BCUT2D eigenvalue weighted by molar-refractivity contribution is 6.20. The molecule has 7 heteroatoms. The van der Waals surface area contributed by atoms with E-state index in [0.29, 0.717) is 16.8 Å². The van der Waals surface area contributed by atoms with Crippen molar-refractivity contribution in [2.75, 3.05) is 0 Å². The van der Waals surface area contributed by atoms with Gasteiger partial charge in [-0.1, -0.05) is 12.1 Å². The summed E-state index contributed by atoms with van der Waals surface area (Å²) in [4.78, 5) is 29.0. The second-order valence-corrected chi connectivity index (χ2v) is 3.69. The molecule has 2 heterocycles. The zero-order chi connectivity index (χ0) is 12.5. The summed E-state index contributed by atoms with van der Waals surface area (Å²) in [6.45, 7) is 0.00195. The number of aromatic amines is 1. The van der Waals surface area contributed by atoms with E-state index < -0.39 is 11.8 Å². The molecule has 0 bridgehead atoms. The third kappa shape index (κ3) is 1.57. The molecule has 2 aromatic rings. The molecule has 0 radical (unpaired) electrons. The molecule has 7 nitrogen and oxygen atoms in total. The minimum Gasteiger partial charge on any atom is -0.266 e. The van der Waals surface area contributed by atoms with Gasteiger partial charge in [-0.2, -0.15) is 15.4 Å². The van der Waals surface area contributed by atoms with Crippen LogP contribution in [0.2, 0.25) is 0 Å².